The van der Waals surface area contributed by atoms with Crippen LogP contribution in [0.15, 0.2) is 42.6 Å². The molecule has 1 aromatic carbocycles. The molecule has 18 heavy (non-hydrogen) atoms. The minimum Gasteiger partial charge on any atom is -0.384 e. The van der Waals surface area contributed by atoms with Crippen LogP contribution in [0.3, 0.4) is 0 Å². The van der Waals surface area contributed by atoms with Crippen molar-refractivity contribution in [2.45, 2.75) is 12.5 Å². The molecule has 0 spiro atoms. The average Bonchev–Trinajstić information content (AvgIpc) is 2.37. The van der Waals surface area contributed by atoms with Crippen molar-refractivity contribution in [2.75, 3.05) is 5.73 Å². The molecule has 0 bridgehead atoms. The second kappa shape index (κ2) is 5.57. The van der Waals surface area contributed by atoms with Crippen LogP contribution in [0.4, 0.5) is 10.2 Å². The predicted molar refractivity (Wildman–Crippen MR) is 68.8 cm³/mol. The molecule has 0 amide bonds. The van der Waals surface area contributed by atoms with E-state index in [1.165, 1.54) is 12.1 Å². The maximum absolute atomic E-state index is 12.9. The summed E-state index contributed by atoms with van der Waals surface area (Å²) < 4.78 is 12.9. The Kier molecular flexibility index (Phi) is 3.86. The Morgan fingerprint density at radius 2 is 1.94 bits per heavy atom. The van der Waals surface area contributed by atoms with E-state index in [0.29, 0.717) is 12.2 Å². The Labute approximate surface area is 105 Å². The number of rotatable bonds is 4. The van der Waals surface area contributed by atoms with Crippen molar-refractivity contribution in [3.05, 3.63) is 59.5 Å². The number of nitrogens with one attached hydrogen (secondary N) is 1. The van der Waals surface area contributed by atoms with E-state index in [0.717, 1.165) is 11.1 Å². The third-order valence-electron chi connectivity index (χ3n) is 2.76. The van der Waals surface area contributed by atoms with Gasteiger partial charge in [0.05, 0.1) is 0 Å². The summed E-state index contributed by atoms with van der Waals surface area (Å²) in [6.07, 6.45) is 2.32. The van der Waals surface area contributed by atoms with E-state index in [1.807, 2.05) is 6.07 Å². The number of hydrogen-bond acceptors (Lipinski definition) is 4. The van der Waals surface area contributed by atoms with Crippen molar-refractivity contribution in [1.29, 1.82) is 0 Å². The van der Waals surface area contributed by atoms with Gasteiger partial charge < -0.3 is 5.73 Å². The van der Waals surface area contributed by atoms with Gasteiger partial charge in [-0.15, -0.1) is 0 Å². The van der Waals surface area contributed by atoms with Crippen LogP contribution in [0, 0.1) is 5.82 Å². The van der Waals surface area contributed by atoms with Crippen LogP contribution < -0.4 is 17.0 Å². The topological polar surface area (TPSA) is 77.0 Å². The summed E-state index contributed by atoms with van der Waals surface area (Å²) in [6, 6.07) is 9.85. The van der Waals surface area contributed by atoms with Gasteiger partial charge in [0.2, 0.25) is 0 Å². The summed E-state index contributed by atoms with van der Waals surface area (Å²) in [5.74, 6) is 5.75. The van der Waals surface area contributed by atoms with Crippen molar-refractivity contribution < 1.29 is 4.39 Å². The molecule has 0 aliphatic carbocycles. The predicted octanol–water partition coefficient (Wildman–Crippen LogP) is 1.55. The van der Waals surface area contributed by atoms with Crippen LogP contribution in [0.5, 0.6) is 0 Å². The monoisotopic (exact) mass is 246 g/mol. The van der Waals surface area contributed by atoms with Crippen LogP contribution in [0.25, 0.3) is 0 Å². The van der Waals surface area contributed by atoms with E-state index >= 15 is 0 Å². The highest BCUT2D eigenvalue weighted by Gasteiger charge is 2.10. The third kappa shape index (κ3) is 3.03. The quantitative estimate of drug-likeness (QED) is 0.565. The van der Waals surface area contributed by atoms with Crippen molar-refractivity contribution in [3.8, 4) is 0 Å². The normalized spacial score (nSPS) is 12.3. The van der Waals surface area contributed by atoms with E-state index in [9.17, 15) is 4.39 Å². The standard InChI is InChI=1S/C13H15FN4/c14-11-3-1-10(2-4-11)12(18-16)7-9-5-6-17-13(15)8-9/h1-6,8,12,18H,7,16H2,(H2,15,17). The number of aromatic nitrogens is 1. The lowest BCUT2D eigenvalue weighted by molar-refractivity contribution is 0.549. The fraction of sp³-hybridized carbons (Fsp3) is 0.154. The molecule has 0 aliphatic heterocycles. The van der Waals surface area contributed by atoms with Gasteiger partial charge in [0.1, 0.15) is 11.6 Å². The fourth-order valence-electron chi connectivity index (χ4n) is 1.83. The first-order chi connectivity index (χ1) is 8.69. The molecular formula is C13H15FN4. The lowest BCUT2D eigenvalue weighted by atomic mass is 10.00. The van der Waals surface area contributed by atoms with Crippen molar-refractivity contribution in [2.24, 2.45) is 5.84 Å². The number of nitrogens with two attached hydrogens (primary N) is 2. The second-order valence-electron chi connectivity index (χ2n) is 4.06. The Morgan fingerprint density at radius 3 is 2.56 bits per heavy atom. The number of anilines is 1. The van der Waals surface area contributed by atoms with E-state index in [4.69, 9.17) is 11.6 Å². The Morgan fingerprint density at radius 1 is 1.22 bits per heavy atom. The second-order valence-corrected chi connectivity index (χ2v) is 4.06. The maximum atomic E-state index is 12.9. The molecule has 1 unspecified atom stereocenters. The van der Waals surface area contributed by atoms with Crippen LogP contribution >= 0.6 is 0 Å². The summed E-state index contributed by atoms with van der Waals surface area (Å²) in [7, 11) is 0. The lowest BCUT2D eigenvalue weighted by Gasteiger charge is -2.16. The van der Waals surface area contributed by atoms with E-state index in [-0.39, 0.29) is 11.9 Å². The number of hydrogen-bond donors (Lipinski definition) is 3. The molecular weight excluding hydrogens is 231 g/mol. The molecule has 1 atom stereocenters. The summed E-state index contributed by atoms with van der Waals surface area (Å²) in [6.45, 7) is 0. The Hall–Kier alpha value is -1.98. The first-order valence-electron chi connectivity index (χ1n) is 5.61. The van der Waals surface area contributed by atoms with Crippen LogP contribution in [0.2, 0.25) is 0 Å². The number of nitrogens with zero attached hydrogens (tertiary/aromatic N) is 1. The molecule has 5 heteroatoms. The average molecular weight is 246 g/mol. The Balaban J connectivity index is 2.17. The van der Waals surface area contributed by atoms with Gasteiger partial charge >= 0.3 is 0 Å². The highest BCUT2D eigenvalue weighted by Crippen LogP contribution is 2.18. The van der Waals surface area contributed by atoms with Gasteiger partial charge in [-0.3, -0.25) is 11.3 Å². The van der Waals surface area contributed by atoms with Gasteiger partial charge in [-0.1, -0.05) is 12.1 Å². The highest BCUT2D eigenvalue weighted by atomic mass is 19.1. The number of hydrazine groups is 1. The minimum atomic E-state index is -0.261. The van der Waals surface area contributed by atoms with Gasteiger partial charge in [0.25, 0.3) is 0 Å². The van der Waals surface area contributed by atoms with Crippen molar-refractivity contribution in [1.82, 2.24) is 10.4 Å². The summed E-state index contributed by atoms with van der Waals surface area (Å²) in [4.78, 5) is 3.93. The van der Waals surface area contributed by atoms with Gasteiger partial charge in [-0.05, 0) is 41.8 Å². The van der Waals surface area contributed by atoms with Gasteiger partial charge in [-0.2, -0.15) is 0 Å². The molecule has 0 radical (unpaired) electrons. The van der Waals surface area contributed by atoms with Gasteiger partial charge in [-0.25, -0.2) is 9.37 Å². The third-order valence-corrected chi connectivity index (χ3v) is 2.76. The molecule has 0 aliphatic rings. The fourth-order valence-corrected chi connectivity index (χ4v) is 1.83. The van der Waals surface area contributed by atoms with Crippen LogP contribution in [-0.4, -0.2) is 4.98 Å². The smallest absolute Gasteiger partial charge is 0.123 e. The zero-order chi connectivity index (χ0) is 13.0. The number of benzene rings is 1. The maximum Gasteiger partial charge on any atom is 0.123 e. The summed E-state index contributed by atoms with van der Waals surface area (Å²) >= 11 is 0. The van der Waals surface area contributed by atoms with Gasteiger partial charge in [0.15, 0.2) is 0 Å². The molecule has 2 rings (SSSR count). The Bertz CT molecular complexity index is 513. The largest absolute Gasteiger partial charge is 0.384 e. The van der Waals surface area contributed by atoms with E-state index < -0.39 is 0 Å². The van der Waals surface area contributed by atoms with E-state index in [1.54, 1.807) is 24.4 Å². The van der Waals surface area contributed by atoms with E-state index in [2.05, 4.69) is 10.4 Å². The molecule has 0 fully saturated rings. The summed E-state index contributed by atoms with van der Waals surface area (Å²) in [5, 5.41) is 0. The minimum absolute atomic E-state index is 0.0904. The zero-order valence-electron chi connectivity index (χ0n) is 9.81. The first kappa shape index (κ1) is 12.5. The molecule has 94 valence electrons. The molecule has 4 nitrogen and oxygen atoms in total. The molecule has 0 saturated heterocycles. The van der Waals surface area contributed by atoms with Crippen LogP contribution in [-0.2, 0) is 6.42 Å². The van der Waals surface area contributed by atoms with Crippen LogP contribution in [0.1, 0.15) is 17.2 Å². The van der Waals surface area contributed by atoms with Crippen molar-refractivity contribution >= 4 is 5.82 Å². The highest BCUT2D eigenvalue weighted by molar-refractivity contribution is 5.33. The molecule has 1 aromatic heterocycles. The molecule has 1 heterocycles. The van der Waals surface area contributed by atoms with Gasteiger partial charge in [0, 0.05) is 12.2 Å². The van der Waals surface area contributed by atoms with Crippen molar-refractivity contribution in [3.63, 3.8) is 0 Å². The zero-order valence-corrected chi connectivity index (χ0v) is 9.81. The SMILES string of the molecule is NNC(Cc1ccnc(N)c1)c1ccc(F)cc1. The first-order valence-corrected chi connectivity index (χ1v) is 5.61. The number of pyridine rings is 1. The number of nitrogen functional groups attached to an aromatic ring is 1. The summed E-state index contributed by atoms with van der Waals surface area (Å²) in [5.41, 5.74) is 10.3. The molecule has 5 N–H and O–H groups in total. The number of halogens is 1. The molecule has 2 aromatic rings. The molecule has 0 saturated carbocycles. The lowest BCUT2D eigenvalue weighted by Crippen LogP contribution is -2.29.